The zero-order chi connectivity index (χ0) is 8.43. The number of hydrogen-bond donors (Lipinski definition) is 0. The molecule has 11 heavy (non-hydrogen) atoms. The summed E-state index contributed by atoms with van der Waals surface area (Å²) in [4.78, 5) is 0. The van der Waals surface area contributed by atoms with Crippen LogP contribution in [-0.4, -0.2) is 7.11 Å². The first-order valence-electron chi connectivity index (χ1n) is 3.46. The topological polar surface area (TPSA) is 9.23 Å². The molecule has 0 spiro atoms. The van der Waals surface area contributed by atoms with E-state index >= 15 is 0 Å². The molecule has 2 heteroatoms. The van der Waals surface area contributed by atoms with Gasteiger partial charge in [-0.05, 0) is 37.1 Å². The molecule has 1 aromatic rings. The SMILES string of the molecule is COc1cc(C)c(C)c(Br)c1. The number of rotatable bonds is 1. The van der Waals surface area contributed by atoms with Gasteiger partial charge in [0.1, 0.15) is 5.75 Å². The van der Waals surface area contributed by atoms with Gasteiger partial charge in [-0.25, -0.2) is 0 Å². The van der Waals surface area contributed by atoms with Gasteiger partial charge >= 0.3 is 0 Å². The number of aryl methyl sites for hydroxylation is 1. The van der Waals surface area contributed by atoms with Gasteiger partial charge in [0.25, 0.3) is 0 Å². The first kappa shape index (κ1) is 8.60. The van der Waals surface area contributed by atoms with Crippen molar-refractivity contribution in [1.82, 2.24) is 0 Å². The number of ether oxygens (including phenoxy) is 1. The molecule has 0 aliphatic carbocycles. The Morgan fingerprint density at radius 1 is 1.27 bits per heavy atom. The van der Waals surface area contributed by atoms with Crippen LogP contribution in [0.5, 0.6) is 5.75 Å². The van der Waals surface area contributed by atoms with E-state index in [2.05, 4.69) is 29.8 Å². The quantitative estimate of drug-likeness (QED) is 0.699. The molecule has 0 aliphatic rings. The highest BCUT2D eigenvalue weighted by Crippen LogP contribution is 2.25. The van der Waals surface area contributed by atoms with Crippen molar-refractivity contribution in [2.24, 2.45) is 0 Å². The van der Waals surface area contributed by atoms with Crippen molar-refractivity contribution in [1.29, 1.82) is 0 Å². The fourth-order valence-corrected chi connectivity index (χ4v) is 1.44. The molecule has 0 bridgehead atoms. The Balaban J connectivity index is 3.21. The van der Waals surface area contributed by atoms with Crippen LogP contribution in [0.15, 0.2) is 16.6 Å². The molecule has 0 amide bonds. The van der Waals surface area contributed by atoms with E-state index in [9.17, 15) is 0 Å². The average Bonchev–Trinajstić information content (AvgIpc) is 1.99. The highest BCUT2D eigenvalue weighted by atomic mass is 79.9. The zero-order valence-corrected chi connectivity index (χ0v) is 8.53. The Hall–Kier alpha value is -0.500. The third-order valence-electron chi connectivity index (χ3n) is 1.81. The van der Waals surface area contributed by atoms with Crippen molar-refractivity contribution in [2.45, 2.75) is 13.8 Å². The summed E-state index contributed by atoms with van der Waals surface area (Å²) >= 11 is 3.46. The van der Waals surface area contributed by atoms with Crippen LogP contribution < -0.4 is 4.74 Å². The maximum Gasteiger partial charge on any atom is 0.120 e. The van der Waals surface area contributed by atoms with E-state index in [4.69, 9.17) is 4.74 Å². The van der Waals surface area contributed by atoms with E-state index in [1.165, 1.54) is 11.1 Å². The van der Waals surface area contributed by atoms with E-state index < -0.39 is 0 Å². The molecule has 0 saturated carbocycles. The minimum atomic E-state index is 0.903. The summed E-state index contributed by atoms with van der Waals surface area (Å²) in [7, 11) is 1.68. The van der Waals surface area contributed by atoms with Gasteiger partial charge in [0.2, 0.25) is 0 Å². The van der Waals surface area contributed by atoms with Gasteiger partial charge in [0.15, 0.2) is 0 Å². The normalized spacial score (nSPS) is 9.82. The van der Waals surface area contributed by atoms with Crippen LogP contribution in [0.2, 0.25) is 0 Å². The van der Waals surface area contributed by atoms with Crippen LogP contribution in [0.1, 0.15) is 11.1 Å². The van der Waals surface area contributed by atoms with Gasteiger partial charge in [-0.1, -0.05) is 15.9 Å². The molecule has 0 radical (unpaired) electrons. The summed E-state index contributed by atoms with van der Waals surface area (Å²) in [6, 6.07) is 4.00. The number of hydrogen-bond acceptors (Lipinski definition) is 1. The van der Waals surface area contributed by atoms with Crippen molar-refractivity contribution in [2.75, 3.05) is 7.11 Å². The van der Waals surface area contributed by atoms with Crippen LogP contribution in [0, 0.1) is 13.8 Å². The van der Waals surface area contributed by atoms with E-state index in [1.807, 2.05) is 12.1 Å². The van der Waals surface area contributed by atoms with Crippen LogP contribution in [0.25, 0.3) is 0 Å². The number of methoxy groups -OCH3 is 1. The lowest BCUT2D eigenvalue weighted by molar-refractivity contribution is 0.414. The molecule has 0 heterocycles. The van der Waals surface area contributed by atoms with Crippen LogP contribution in [-0.2, 0) is 0 Å². The second-order valence-electron chi connectivity index (χ2n) is 2.55. The molecular weight excluding hydrogens is 204 g/mol. The molecule has 60 valence electrons. The smallest absolute Gasteiger partial charge is 0.120 e. The Kier molecular flexibility index (Phi) is 2.55. The van der Waals surface area contributed by atoms with Crippen LogP contribution in [0.4, 0.5) is 0 Å². The van der Waals surface area contributed by atoms with E-state index in [0.717, 1.165) is 10.2 Å². The van der Waals surface area contributed by atoms with E-state index in [-0.39, 0.29) is 0 Å². The number of benzene rings is 1. The minimum absolute atomic E-state index is 0.903. The third-order valence-corrected chi connectivity index (χ3v) is 2.64. The van der Waals surface area contributed by atoms with Gasteiger partial charge in [-0.15, -0.1) is 0 Å². The van der Waals surface area contributed by atoms with E-state index in [0.29, 0.717) is 0 Å². The highest BCUT2D eigenvalue weighted by molar-refractivity contribution is 9.10. The fraction of sp³-hybridized carbons (Fsp3) is 0.333. The molecule has 0 aliphatic heterocycles. The predicted octanol–water partition coefficient (Wildman–Crippen LogP) is 3.07. The monoisotopic (exact) mass is 214 g/mol. The minimum Gasteiger partial charge on any atom is -0.497 e. The second-order valence-corrected chi connectivity index (χ2v) is 3.41. The second kappa shape index (κ2) is 3.26. The molecule has 1 aromatic carbocycles. The van der Waals surface area contributed by atoms with Gasteiger partial charge in [0, 0.05) is 4.47 Å². The molecule has 0 N–H and O–H groups in total. The Morgan fingerprint density at radius 2 is 1.91 bits per heavy atom. The van der Waals surface area contributed by atoms with Crippen LogP contribution in [0.3, 0.4) is 0 Å². The lowest BCUT2D eigenvalue weighted by Crippen LogP contribution is -1.87. The maximum absolute atomic E-state index is 5.10. The summed E-state index contributed by atoms with van der Waals surface area (Å²) in [6.07, 6.45) is 0. The van der Waals surface area contributed by atoms with Gasteiger partial charge < -0.3 is 4.74 Å². The van der Waals surface area contributed by atoms with Crippen molar-refractivity contribution >= 4 is 15.9 Å². The molecule has 0 atom stereocenters. The third kappa shape index (κ3) is 1.74. The van der Waals surface area contributed by atoms with Crippen molar-refractivity contribution < 1.29 is 4.74 Å². The first-order chi connectivity index (χ1) is 5.15. The molecular formula is C9H11BrO. The fourth-order valence-electron chi connectivity index (χ4n) is 0.903. The highest BCUT2D eigenvalue weighted by Gasteiger charge is 2.00. The molecule has 1 nitrogen and oxygen atoms in total. The van der Waals surface area contributed by atoms with Crippen molar-refractivity contribution in [3.05, 3.63) is 27.7 Å². The molecule has 0 saturated heterocycles. The Morgan fingerprint density at radius 3 is 2.36 bits per heavy atom. The summed E-state index contributed by atoms with van der Waals surface area (Å²) < 4.78 is 6.21. The summed E-state index contributed by atoms with van der Waals surface area (Å²) in [5, 5.41) is 0. The van der Waals surface area contributed by atoms with E-state index in [1.54, 1.807) is 7.11 Å². The summed E-state index contributed by atoms with van der Waals surface area (Å²) in [6.45, 7) is 4.15. The van der Waals surface area contributed by atoms with Crippen molar-refractivity contribution in [3.8, 4) is 5.75 Å². The number of halogens is 1. The molecule has 1 rings (SSSR count). The lowest BCUT2D eigenvalue weighted by Gasteiger charge is -2.06. The Labute approximate surface area is 75.5 Å². The maximum atomic E-state index is 5.10. The standard InChI is InChI=1S/C9H11BrO/c1-6-4-8(11-3)5-9(10)7(6)2/h4-5H,1-3H3. The average molecular weight is 215 g/mol. The van der Waals surface area contributed by atoms with Crippen LogP contribution >= 0.6 is 15.9 Å². The zero-order valence-electron chi connectivity index (χ0n) is 6.94. The first-order valence-corrected chi connectivity index (χ1v) is 4.25. The van der Waals surface area contributed by atoms with Gasteiger partial charge in [0.05, 0.1) is 7.11 Å². The molecule has 0 aromatic heterocycles. The van der Waals surface area contributed by atoms with Gasteiger partial charge in [-0.3, -0.25) is 0 Å². The lowest BCUT2D eigenvalue weighted by atomic mass is 10.1. The molecule has 0 fully saturated rings. The van der Waals surface area contributed by atoms with Crippen molar-refractivity contribution in [3.63, 3.8) is 0 Å². The Bertz CT molecular complexity index is 245. The summed E-state index contributed by atoms with van der Waals surface area (Å²) in [5.41, 5.74) is 2.52. The summed E-state index contributed by atoms with van der Waals surface area (Å²) in [5.74, 6) is 0.903. The van der Waals surface area contributed by atoms with Gasteiger partial charge in [-0.2, -0.15) is 0 Å². The largest absolute Gasteiger partial charge is 0.497 e. The molecule has 0 unspecified atom stereocenters. The predicted molar refractivity (Wildman–Crippen MR) is 50.2 cm³/mol.